The summed E-state index contributed by atoms with van der Waals surface area (Å²) in [4.78, 5) is 22.6. The number of amides is 1. The molecular weight excluding hydrogens is 372 g/mol. The number of rotatable bonds is 5. The van der Waals surface area contributed by atoms with E-state index in [1.54, 1.807) is 29.1 Å². The van der Waals surface area contributed by atoms with Crippen LogP contribution >= 0.6 is 0 Å². The Morgan fingerprint density at radius 2 is 1.97 bits per heavy atom. The van der Waals surface area contributed by atoms with Gasteiger partial charge in [0.05, 0.1) is 11.9 Å². The van der Waals surface area contributed by atoms with Crippen molar-refractivity contribution < 1.29 is 13.9 Å². The lowest BCUT2D eigenvalue weighted by atomic mass is 10.1. The molecule has 1 amide bonds. The van der Waals surface area contributed by atoms with Crippen LogP contribution in [-0.4, -0.2) is 20.9 Å². The number of nitrogens with one attached hydrogen (secondary N) is 1. The van der Waals surface area contributed by atoms with Crippen molar-refractivity contribution in [3.8, 4) is 11.4 Å². The molecule has 8 heteroatoms. The fourth-order valence-electron chi connectivity index (χ4n) is 2.94. The summed E-state index contributed by atoms with van der Waals surface area (Å²) in [6.07, 6.45) is 1.76. The highest BCUT2D eigenvalue weighted by atomic mass is 16.5. The van der Waals surface area contributed by atoms with Gasteiger partial charge in [-0.2, -0.15) is 0 Å². The molecule has 4 aromatic rings. The number of nitrogens with zero attached hydrogens (tertiary/aromatic N) is 3. The normalized spacial score (nSPS) is 10.8. The molecule has 0 fully saturated rings. The molecule has 4 rings (SSSR count). The molecule has 0 aliphatic rings. The summed E-state index contributed by atoms with van der Waals surface area (Å²) >= 11 is 0. The predicted octanol–water partition coefficient (Wildman–Crippen LogP) is 3.22. The average Bonchev–Trinajstić information content (AvgIpc) is 3.15. The van der Waals surface area contributed by atoms with Gasteiger partial charge in [0.1, 0.15) is 23.6 Å². The van der Waals surface area contributed by atoms with Gasteiger partial charge in [-0.15, -0.1) is 5.10 Å². The lowest BCUT2D eigenvalue weighted by molar-refractivity contribution is -0.114. The molecular formula is C21H18N4O4. The summed E-state index contributed by atoms with van der Waals surface area (Å²) in [5, 5.41) is 11.8. The van der Waals surface area contributed by atoms with Crippen molar-refractivity contribution in [2.45, 2.75) is 20.5 Å². The number of anilines is 1. The second-order valence-corrected chi connectivity index (χ2v) is 6.58. The predicted molar refractivity (Wildman–Crippen MR) is 107 cm³/mol. The summed E-state index contributed by atoms with van der Waals surface area (Å²) in [6, 6.07) is 14.1. The third-order valence-electron chi connectivity index (χ3n) is 4.30. The van der Waals surface area contributed by atoms with E-state index < -0.39 is 0 Å². The highest BCUT2D eigenvalue weighted by Gasteiger charge is 2.07. The van der Waals surface area contributed by atoms with Gasteiger partial charge in [0, 0.05) is 30.1 Å². The number of hydrogen-bond donors (Lipinski definition) is 1. The Balaban J connectivity index is 1.46. The second-order valence-electron chi connectivity index (χ2n) is 6.58. The van der Waals surface area contributed by atoms with Crippen molar-refractivity contribution >= 4 is 22.6 Å². The smallest absolute Gasteiger partial charge is 0.336 e. The van der Waals surface area contributed by atoms with E-state index in [1.807, 2.05) is 31.2 Å². The fourth-order valence-corrected chi connectivity index (χ4v) is 2.94. The summed E-state index contributed by atoms with van der Waals surface area (Å²) in [7, 11) is 0. The lowest BCUT2D eigenvalue weighted by Crippen LogP contribution is -2.05. The molecule has 29 heavy (non-hydrogen) atoms. The first kappa shape index (κ1) is 18.4. The standard InChI is InChI=1S/C21H18N4O4/c1-13-9-21(27)29-20-10-18(7-8-19(13)20)28-12-16-11-25(24-23-16)17-5-3-15(4-6-17)22-14(2)26/h3-11H,12H2,1-2H3,(H,22,26). The Labute approximate surface area is 165 Å². The van der Waals surface area contributed by atoms with Crippen molar-refractivity contribution in [1.82, 2.24) is 15.0 Å². The SMILES string of the molecule is CC(=O)Nc1ccc(-n2cc(COc3ccc4c(C)cc(=O)oc4c3)nn2)cc1. The first-order chi connectivity index (χ1) is 14.0. The molecule has 0 aliphatic carbocycles. The van der Waals surface area contributed by atoms with E-state index in [-0.39, 0.29) is 18.1 Å². The third-order valence-corrected chi connectivity index (χ3v) is 4.30. The monoisotopic (exact) mass is 390 g/mol. The Morgan fingerprint density at radius 3 is 2.72 bits per heavy atom. The van der Waals surface area contributed by atoms with Gasteiger partial charge in [0.2, 0.25) is 5.91 Å². The number of ether oxygens (including phenoxy) is 1. The van der Waals surface area contributed by atoms with Crippen molar-refractivity contribution in [2.75, 3.05) is 5.32 Å². The zero-order chi connectivity index (χ0) is 20.4. The Bertz CT molecular complexity index is 1240. The van der Waals surface area contributed by atoms with Crippen molar-refractivity contribution in [2.24, 2.45) is 0 Å². The van der Waals surface area contributed by atoms with Gasteiger partial charge in [0.25, 0.3) is 0 Å². The Morgan fingerprint density at radius 1 is 1.17 bits per heavy atom. The van der Waals surface area contributed by atoms with Gasteiger partial charge < -0.3 is 14.5 Å². The van der Waals surface area contributed by atoms with E-state index in [4.69, 9.17) is 9.15 Å². The fraction of sp³-hybridized carbons (Fsp3) is 0.143. The topological polar surface area (TPSA) is 99.2 Å². The van der Waals surface area contributed by atoms with E-state index in [0.29, 0.717) is 22.7 Å². The molecule has 0 bridgehead atoms. The average molecular weight is 390 g/mol. The second kappa shape index (κ2) is 7.59. The third kappa shape index (κ3) is 4.16. The summed E-state index contributed by atoms with van der Waals surface area (Å²) in [5.41, 5.74) is 3.11. The number of benzene rings is 2. The molecule has 8 nitrogen and oxygen atoms in total. The molecule has 0 unspecified atom stereocenters. The molecule has 0 aliphatic heterocycles. The van der Waals surface area contributed by atoms with E-state index in [9.17, 15) is 9.59 Å². The quantitative estimate of drug-likeness (QED) is 0.525. The van der Waals surface area contributed by atoms with E-state index in [2.05, 4.69) is 15.6 Å². The molecule has 2 aromatic heterocycles. The van der Waals surface area contributed by atoms with Gasteiger partial charge in [-0.25, -0.2) is 9.48 Å². The maximum Gasteiger partial charge on any atom is 0.336 e. The van der Waals surface area contributed by atoms with Crippen LogP contribution in [0.5, 0.6) is 5.75 Å². The highest BCUT2D eigenvalue weighted by molar-refractivity contribution is 5.88. The molecule has 0 saturated heterocycles. The van der Waals surface area contributed by atoms with Gasteiger partial charge >= 0.3 is 5.63 Å². The zero-order valence-corrected chi connectivity index (χ0v) is 15.9. The van der Waals surface area contributed by atoms with Crippen molar-refractivity contribution in [1.29, 1.82) is 0 Å². The van der Waals surface area contributed by atoms with E-state index >= 15 is 0 Å². The lowest BCUT2D eigenvalue weighted by Gasteiger charge is -2.06. The van der Waals surface area contributed by atoms with Crippen LogP contribution in [0.25, 0.3) is 16.7 Å². The summed E-state index contributed by atoms with van der Waals surface area (Å²) in [6.45, 7) is 3.54. The number of fused-ring (bicyclic) bond motifs is 1. The van der Waals surface area contributed by atoms with Gasteiger partial charge in [-0.1, -0.05) is 5.21 Å². The molecule has 0 saturated carbocycles. The number of aromatic nitrogens is 3. The van der Waals surface area contributed by atoms with Crippen molar-refractivity contribution in [3.05, 3.63) is 76.4 Å². The minimum Gasteiger partial charge on any atom is -0.487 e. The van der Waals surface area contributed by atoms with Crippen LogP contribution in [0.4, 0.5) is 5.69 Å². The van der Waals surface area contributed by atoms with Gasteiger partial charge in [0.15, 0.2) is 0 Å². The van der Waals surface area contributed by atoms with Gasteiger partial charge in [-0.05, 0) is 48.9 Å². The number of hydrogen-bond acceptors (Lipinski definition) is 6. The molecule has 2 aromatic carbocycles. The van der Waals surface area contributed by atoms with Crippen LogP contribution < -0.4 is 15.7 Å². The molecule has 0 atom stereocenters. The first-order valence-electron chi connectivity index (χ1n) is 8.94. The molecule has 0 radical (unpaired) electrons. The van der Waals surface area contributed by atoms with Crippen LogP contribution in [0.2, 0.25) is 0 Å². The van der Waals surface area contributed by atoms with Crippen LogP contribution in [0.3, 0.4) is 0 Å². The number of aryl methyl sites for hydroxylation is 1. The first-order valence-corrected chi connectivity index (χ1v) is 8.94. The molecule has 2 heterocycles. The summed E-state index contributed by atoms with van der Waals surface area (Å²) < 4.78 is 12.6. The van der Waals surface area contributed by atoms with E-state index in [0.717, 1.165) is 16.6 Å². The van der Waals surface area contributed by atoms with Crippen LogP contribution in [0, 0.1) is 6.92 Å². The van der Waals surface area contributed by atoms with Crippen molar-refractivity contribution in [3.63, 3.8) is 0 Å². The minimum atomic E-state index is -0.389. The van der Waals surface area contributed by atoms with E-state index in [1.165, 1.54) is 13.0 Å². The molecule has 146 valence electrons. The molecule has 1 N–H and O–H groups in total. The number of carbonyl (C=O) groups is 1. The zero-order valence-electron chi connectivity index (χ0n) is 15.9. The largest absolute Gasteiger partial charge is 0.487 e. The summed E-state index contributed by atoms with van der Waals surface area (Å²) in [5.74, 6) is 0.446. The van der Waals surface area contributed by atoms with Crippen LogP contribution in [0.1, 0.15) is 18.2 Å². The Kier molecular flexibility index (Phi) is 4.82. The Hall–Kier alpha value is -3.94. The maximum atomic E-state index is 11.6. The minimum absolute atomic E-state index is 0.124. The maximum absolute atomic E-state index is 11.6. The van der Waals surface area contributed by atoms with Gasteiger partial charge in [-0.3, -0.25) is 4.79 Å². The molecule has 0 spiro atoms. The van der Waals surface area contributed by atoms with Crippen LogP contribution in [-0.2, 0) is 11.4 Å². The van der Waals surface area contributed by atoms with Crippen LogP contribution in [0.15, 0.2) is 63.9 Å². The number of carbonyl (C=O) groups excluding carboxylic acids is 1. The highest BCUT2D eigenvalue weighted by Crippen LogP contribution is 2.23.